The average molecular weight is 274 g/mol. The van der Waals surface area contributed by atoms with Gasteiger partial charge in [-0.2, -0.15) is 0 Å². The molecule has 3 heteroatoms. The fourth-order valence-electron chi connectivity index (χ4n) is 2.19. The summed E-state index contributed by atoms with van der Waals surface area (Å²) in [5, 5.41) is 4.73. The first-order valence-corrected chi connectivity index (χ1v) is 7.42. The number of hydrogen-bond donors (Lipinski definition) is 1. The van der Waals surface area contributed by atoms with Crippen LogP contribution < -0.4 is 5.32 Å². The number of furan rings is 1. The summed E-state index contributed by atoms with van der Waals surface area (Å²) < 4.78 is 6.07. The van der Waals surface area contributed by atoms with Crippen LogP contribution in [0.1, 0.15) is 39.0 Å². The Hall–Kier alpha value is -1.32. The topological polar surface area (TPSA) is 28.4 Å². The zero-order valence-corrected chi connectivity index (χ0v) is 13.2. The minimum Gasteiger partial charge on any atom is -0.459 e. The van der Waals surface area contributed by atoms with Gasteiger partial charge in [-0.1, -0.05) is 32.0 Å². The molecule has 0 aliphatic heterocycles. The summed E-state index contributed by atoms with van der Waals surface area (Å²) in [6.45, 7) is 10.4. The van der Waals surface area contributed by atoms with Crippen LogP contribution in [-0.4, -0.2) is 24.0 Å². The molecule has 1 aromatic heterocycles. The molecule has 0 saturated carbocycles. The highest BCUT2D eigenvalue weighted by atomic mass is 16.3. The average Bonchev–Trinajstić information content (AvgIpc) is 2.73. The van der Waals surface area contributed by atoms with E-state index in [1.807, 2.05) is 12.1 Å². The van der Waals surface area contributed by atoms with Crippen molar-refractivity contribution in [3.8, 4) is 0 Å². The van der Waals surface area contributed by atoms with E-state index in [1.54, 1.807) is 0 Å². The monoisotopic (exact) mass is 274 g/mol. The van der Waals surface area contributed by atoms with Gasteiger partial charge in [0.05, 0.1) is 6.54 Å². The molecule has 1 heterocycles. The molecule has 2 rings (SSSR count). The van der Waals surface area contributed by atoms with Crippen LogP contribution >= 0.6 is 0 Å². The lowest BCUT2D eigenvalue weighted by Gasteiger charge is -2.20. The molecule has 0 fully saturated rings. The molecular weight excluding hydrogens is 248 g/mol. The standard InChI is InChI=1S/C17H26N2O/c1-12(2)18-10-15-14-8-6-7-9-16(14)20-17(15)11-19(5)13(3)4/h6-9,12-13,18H,10-11H2,1-5H3. The first kappa shape index (κ1) is 15.1. The third kappa shape index (κ3) is 3.41. The van der Waals surface area contributed by atoms with Gasteiger partial charge in [0.25, 0.3) is 0 Å². The Morgan fingerprint density at radius 1 is 1.15 bits per heavy atom. The zero-order chi connectivity index (χ0) is 14.7. The molecule has 20 heavy (non-hydrogen) atoms. The van der Waals surface area contributed by atoms with Crippen molar-refractivity contribution in [2.75, 3.05) is 7.05 Å². The van der Waals surface area contributed by atoms with E-state index >= 15 is 0 Å². The quantitative estimate of drug-likeness (QED) is 0.869. The van der Waals surface area contributed by atoms with Crippen molar-refractivity contribution >= 4 is 11.0 Å². The van der Waals surface area contributed by atoms with Gasteiger partial charge in [0.15, 0.2) is 0 Å². The van der Waals surface area contributed by atoms with E-state index < -0.39 is 0 Å². The number of nitrogens with zero attached hydrogens (tertiary/aromatic N) is 1. The van der Waals surface area contributed by atoms with Crippen LogP contribution in [0.15, 0.2) is 28.7 Å². The molecule has 0 amide bonds. The van der Waals surface area contributed by atoms with Gasteiger partial charge in [-0.15, -0.1) is 0 Å². The number of rotatable bonds is 6. The highest BCUT2D eigenvalue weighted by Crippen LogP contribution is 2.27. The Labute approximate surface area is 122 Å². The van der Waals surface area contributed by atoms with E-state index in [4.69, 9.17) is 4.42 Å². The second-order valence-corrected chi connectivity index (χ2v) is 6.04. The molecule has 0 atom stereocenters. The Kier molecular flexibility index (Phi) is 4.84. The molecule has 0 saturated heterocycles. The molecule has 0 radical (unpaired) electrons. The number of fused-ring (bicyclic) bond motifs is 1. The highest BCUT2D eigenvalue weighted by molar-refractivity contribution is 5.82. The van der Waals surface area contributed by atoms with E-state index in [-0.39, 0.29) is 0 Å². The van der Waals surface area contributed by atoms with Crippen molar-refractivity contribution < 1.29 is 4.42 Å². The predicted octanol–water partition coefficient (Wildman–Crippen LogP) is 3.77. The van der Waals surface area contributed by atoms with E-state index in [9.17, 15) is 0 Å². The molecule has 110 valence electrons. The molecule has 0 spiro atoms. The maximum atomic E-state index is 6.07. The number of benzene rings is 1. The first-order chi connectivity index (χ1) is 9.49. The Morgan fingerprint density at radius 2 is 1.85 bits per heavy atom. The summed E-state index contributed by atoms with van der Waals surface area (Å²) in [6.07, 6.45) is 0. The van der Waals surface area contributed by atoms with Crippen molar-refractivity contribution in [3.63, 3.8) is 0 Å². The van der Waals surface area contributed by atoms with Crippen LogP contribution in [0.2, 0.25) is 0 Å². The number of hydrogen-bond acceptors (Lipinski definition) is 3. The minimum absolute atomic E-state index is 0.472. The van der Waals surface area contributed by atoms with Crippen molar-refractivity contribution in [3.05, 3.63) is 35.6 Å². The minimum atomic E-state index is 0.472. The molecule has 0 bridgehead atoms. The van der Waals surface area contributed by atoms with E-state index in [0.717, 1.165) is 24.4 Å². The molecule has 0 aliphatic carbocycles. The SMILES string of the molecule is CC(C)NCc1c(CN(C)C(C)C)oc2ccccc12. The van der Waals surface area contributed by atoms with Crippen LogP contribution in [-0.2, 0) is 13.1 Å². The summed E-state index contributed by atoms with van der Waals surface area (Å²) in [6, 6.07) is 9.28. The summed E-state index contributed by atoms with van der Waals surface area (Å²) >= 11 is 0. The molecule has 0 unspecified atom stereocenters. The highest BCUT2D eigenvalue weighted by Gasteiger charge is 2.16. The van der Waals surface area contributed by atoms with Crippen LogP contribution in [0, 0.1) is 0 Å². The normalized spacial score (nSPS) is 12.2. The molecule has 3 nitrogen and oxygen atoms in total. The molecular formula is C17H26N2O. The summed E-state index contributed by atoms with van der Waals surface area (Å²) in [7, 11) is 2.14. The number of para-hydroxylation sites is 1. The molecule has 1 aromatic carbocycles. The van der Waals surface area contributed by atoms with Gasteiger partial charge < -0.3 is 9.73 Å². The molecule has 1 N–H and O–H groups in total. The van der Waals surface area contributed by atoms with Gasteiger partial charge in [0.1, 0.15) is 11.3 Å². The predicted molar refractivity (Wildman–Crippen MR) is 84.8 cm³/mol. The Balaban J connectivity index is 2.33. The van der Waals surface area contributed by atoms with Gasteiger partial charge in [-0.25, -0.2) is 0 Å². The lowest BCUT2D eigenvalue weighted by molar-refractivity contribution is 0.245. The third-order valence-corrected chi connectivity index (χ3v) is 3.74. The van der Waals surface area contributed by atoms with Crippen molar-refractivity contribution in [1.29, 1.82) is 0 Å². The summed E-state index contributed by atoms with van der Waals surface area (Å²) in [4.78, 5) is 2.30. The van der Waals surface area contributed by atoms with Crippen LogP contribution in [0.3, 0.4) is 0 Å². The molecule has 2 aromatic rings. The van der Waals surface area contributed by atoms with Crippen molar-refractivity contribution in [1.82, 2.24) is 10.2 Å². The van der Waals surface area contributed by atoms with Gasteiger partial charge in [-0.05, 0) is 27.0 Å². The van der Waals surface area contributed by atoms with Crippen molar-refractivity contribution in [2.45, 2.75) is 52.9 Å². The second-order valence-electron chi connectivity index (χ2n) is 6.04. The Bertz CT molecular complexity index is 557. The third-order valence-electron chi connectivity index (χ3n) is 3.74. The van der Waals surface area contributed by atoms with Crippen LogP contribution in [0.5, 0.6) is 0 Å². The largest absolute Gasteiger partial charge is 0.459 e. The van der Waals surface area contributed by atoms with Crippen LogP contribution in [0.4, 0.5) is 0 Å². The fraction of sp³-hybridized carbons (Fsp3) is 0.529. The van der Waals surface area contributed by atoms with E-state index in [0.29, 0.717) is 12.1 Å². The maximum absolute atomic E-state index is 6.07. The Morgan fingerprint density at radius 3 is 2.50 bits per heavy atom. The zero-order valence-electron chi connectivity index (χ0n) is 13.2. The lowest BCUT2D eigenvalue weighted by Crippen LogP contribution is -2.27. The van der Waals surface area contributed by atoms with Gasteiger partial charge in [0.2, 0.25) is 0 Å². The van der Waals surface area contributed by atoms with Gasteiger partial charge in [-0.3, -0.25) is 4.90 Å². The van der Waals surface area contributed by atoms with Crippen molar-refractivity contribution in [2.24, 2.45) is 0 Å². The fourth-order valence-corrected chi connectivity index (χ4v) is 2.19. The van der Waals surface area contributed by atoms with Gasteiger partial charge in [0, 0.05) is 29.6 Å². The molecule has 0 aliphatic rings. The van der Waals surface area contributed by atoms with Gasteiger partial charge >= 0.3 is 0 Å². The van der Waals surface area contributed by atoms with E-state index in [2.05, 4.69) is 57.1 Å². The summed E-state index contributed by atoms with van der Waals surface area (Å²) in [5.41, 5.74) is 2.28. The summed E-state index contributed by atoms with van der Waals surface area (Å²) in [5.74, 6) is 1.08. The maximum Gasteiger partial charge on any atom is 0.134 e. The van der Waals surface area contributed by atoms with Crippen LogP contribution in [0.25, 0.3) is 11.0 Å². The van der Waals surface area contributed by atoms with E-state index in [1.165, 1.54) is 10.9 Å². The first-order valence-electron chi connectivity index (χ1n) is 7.42. The lowest BCUT2D eigenvalue weighted by atomic mass is 10.1. The smallest absolute Gasteiger partial charge is 0.134 e. The number of nitrogens with one attached hydrogen (secondary N) is 1. The second kappa shape index (κ2) is 6.42.